The third-order valence-corrected chi connectivity index (χ3v) is 6.18. The molecule has 1 aliphatic rings. The SMILES string of the molecule is Cc1cc(C)c2c(CC(=O)N3CCC[C@H]3c3nnc(-c4ccsc4)o3)coc2c1. The van der Waals surface area contributed by atoms with Crippen molar-refractivity contribution in [3.8, 4) is 11.5 Å². The first-order valence-electron chi connectivity index (χ1n) is 9.73. The van der Waals surface area contributed by atoms with Gasteiger partial charge in [0.05, 0.1) is 12.7 Å². The minimum atomic E-state index is -0.163. The van der Waals surface area contributed by atoms with Crippen molar-refractivity contribution in [2.75, 3.05) is 6.54 Å². The van der Waals surface area contributed by atoms with Crippen LogP contribution in [0.3, 0.4) is 0 Å². The molecule has 4 heterocycles. The molecular formula is C22H21N3O3S. The lowest BCUT2D eigenvalue weighted by Crippen LogP contribution is -2.32. The average Bonchev–Trinajstić information content (AvgIpc) is 3.46. The van der Waals surface area contributed by atoms with Crippen LogP contribution in [0.4, 0.5) is 0 Å². The fourth-order valence-electron chi connectivity index (χ4n) is 4.22. The number of fused-ring (bicyclic) bond motifs is 1. The molecule has 0 N–H and O–H groups in total. The number of hydrogen-bond donors (Lipinski definition) is 0. The molecule has 0 aliphatic carbocycles. The Balaban J connectivity index is 1.38. The predicted molar refractivity (Wildman–Crippen MR) is 111 cm³/mol. The standard InChI is InChI=1S/C22H21N3O3S/c1-13-8-14(2)20-16(11-27-18(20)9-13)10-19(26)25-6-3-4-17(25)22-24-23-21(28-22)15-5-7-29-12-15/h5,7-9,11-12,17H,3-4,6,10H2,1-2H3/t17-/m0/s1. The molecule has 1 amide bonds. The number of furan rings is 1. The number of amides is 1. The van der Waals surface area contributed by atoms with Crippen molar-refractivity contribution in [1.29, 1.82) is 0 Å². The van der Waals surface area contributed by atoms with E-state index in [0.29, 0.717) is 24.7 Å². The third-order valence-electron chi connectivity index (χ3n) is 5.50. The van der Waals surface area contributed by atoms with Gasteiger partial charge in [0.1, 0.15) is 11.6 Å². The van der Waals surface area contributed by atoms with Crippen molar-refractivity contribution in [3.05, 3.63) is 57.8 Å². The van der Waals surface area contributed by atoms with Gasteiger partial charge in [0.15, 0.2) is 0 Å². The Morgan fingerprint density at radius 1 is 1.31 bits per heavy atom. The highest BCUT2D eigenvalue weighted by atomic mass is 32.1. The van der Waals surface area contributed by atoms with Gasteiger partial charge >= 0.3 is 0 Å². The quantitative estimate of drug-likeness (QED) is 0.472. The lowest BCUT2D eigenvalue weighted by molar-refractivity contribution is -0.131. The third kappa shape index (κ3) is 3.25. The van der Waals surface area contributed by atoms with Crippen LogP contribution in [-0.2, 0) is 11.2 Å². The summed E-state index contributed by atoms with van der Waals surface area (Å²) in [7, 11) is 0. The molecule has 1 atom stereocenters. The maximum atomic E-state index is 13.1. The van der Waals surface area contributed by atoms with Crippen LogP contribution in [0.5, 0.6) is 0 Å². The first-order chi connectivity index (χ1) is 14.1. The zero-order valence-electron chi connectivity index (χ0n) is 16.3. The lowest BCUT2D eigenvalue weighted by Gasteiger charge is -2.21. The Morgan fingerprint density at radius 2 is 2.21 bits per heavy atom. The van der Waals surface area contributed by atoms with E-state index in [9.17, 15) is 4.79 Å². The van der Waals surface area contributed by atoms with Gasteiger partial charge in [0, 0.05) is 28.4 Å². The van der Waals surface area contributed by atoms with Crippen molar-refractivity contribution in [2.24, 2.45) is 0 Å². The number of likely N-dealkylation sites (tertiary alicyclic amines) is 1. The minimum absolute atomic E-state index is 0.0606. The van der Waals surface area contributed by atoms with E-state index >= 15 is 0 Å². The lowest BCUT2D eigenvalue weighted by atomic mass is 10.0. The molecule has 5 rings (SSSR count). The molecule has 1 aromatic carbocycles. The monoisotopic (exact) mass is 407 g/mol. The number of carbonyl (C=O) groups is 1. The van der Waals surface area contributed by atoms with Crippen LogP contribution in [0.2, 0.25) is 0 Å². The van der Waals surface area contributed by atoms with Crippen molar-refractivity contribution < 1.29 is 13.6 Å². The molecule has 3 aromatic heterocycles. The van der Waals surface area contributed by atoms with Crippen molar-refractivity contribution in [1.82, 2.24) is 15.1 Å². The van der Waals surface area contributed by atoms with E-state index in [2.05, 4.69) is 23.2 Å². The maximum absolute atomic E-state index is 13.1. The van der Waals surface area contributed by atoms with Crippen molar-refractivity contribution in [2.45, 2.75) is 39.2 Å². The molecule has 0 bridgehead atoms. The van der Waals surface area contributed by atoms with Gasteiger partial charge in [0.25, 0.3) is 0 Å². The Bertz CT molecular complexity index is 1180. The van der Waals surface area contributed by atoms with Crippen LogP contribution in [0.1, 0.15) is 41.5 Å². The molecule has 7 heteroatoms. The summed E-state index contributed by atoms with van der Waals surface area (Å²) < 4.78 is 11.6. The summed E-state index contributed by atoms with van der Waals surface area (Å²) in [4.78, 5) is 15.0. The Labute approximate surface area is 172 Å². The molecule has 1 fully saturated rings. The number of hydrogen-bond acceptors (Lipinski definition) is 6. The number of nitrogens with zero attached hydrogens (tertiary/aromatic N) is 3. The number of carbonyl (C=O) groups excluding carboxylic acids is 1. The molecule has 4 aromatic rings. The molecule has 1 saturated heterocycles. The summed E-state index contributed by atoms with van der Waals surface area (Å²) in [6.07, 6.45) is 3.78. The maximum Gasteiger partial charge on any atom is 0.248 e. The van der Waals surface area contributed by atoms with Gasteiger partial charge in [0.2, 0.25) is 17.7 Å². The number of rotatable bonds is 4. The number of aryl methyl sites for hydroxylation is 2. The summed E-state index contributed by atoms with van der Waals surface area (Å²) in [5.74, 6) is 1.08. The van der Waals surface area contributed by atoms with Crippen LogP contribution in [0.25, 0.3) is 22.4 Å². The van der Waals surface area contributed by atoms with Gasteiger partial charge in [-0.2, -0.15) is 11.3 Å². The molecule has 0 unspecified atom stereocenters. The van der Waals surface area contributed by atoms with Gasteiger partial charge in [-0.25, -0.2) is 0 Å². The van der Waals surface area contributed by atoms with Gasteiger partial charge in [-0.05, 0) is 55.3 Å². The van der Waals surface area contributed by atoms with E-state index in [4.69, 9.17) is 8.83 Å². The number of thiophene rings is 1. The zero-order valence-corrected chi connectivity index (χ0v) is 17.2. The minimum Gasteiger partial charge on any atom is -0.464 e. The number of aromatic nitrogens is 2. The molecule has 148 valence electrons. The second-order valence-corrected chi connectivity index (χ2v) is 8.38. The predicted octanol–water partition coefficient (Wildman–Crippen LogP) is 5.07. The van der Waals surface area contributed by atoms with E-state index < -0.39 is 0 Å². The van der Waals surface area contributed by atoms with Crippen molar-refractivity contribution >= 4 is 28.2 Å². The van der Waals surface area contributed by atoms with Crippen molar-refractivity contribution in [3.63, 3.8) is 0 Å². The molecule has 6 nitrogen and oxygen atoms in total. The van der Waals surface area contributed by atoms with Crippen LogP contribution in [-0.4, -0.2) is 27.5 Å². The first kappa shape index (κ1) is 18.1. The molecule has 1 aliphatic heterocycles. The summed E-state index contributed by atoms with van der Waals surface area (Å²) >= 11 is 1.59. The molecule has 0 spiro atoms. The topological polar surface area (TPSA) is 72.4 Å². The summed E-state index contributed by atoms with van der Waals surface area (Å²) in [5, 5.41) is 13.4. The average molecular weight is 407 g/mol. The van der Waals surface area contributed by atoms with E-state index in [1.807, 2.05) is 34.7 Å². The number of benzene rings is 1. The van der Waals surface area contributed by atoms with Crippen LogP contribution >= 0.6 is 11.3 Å². The van der Waals surface area contributed by atoms with Gasteiger partial charge in [-0.1, -0.05) is 6.07 Å². The Morgan fingerprint density at radius 3 is 3.03 bits per heavy atom. The van der Waals surface area contributed by atoms with Crippen LogP contribution in [0, 0.1) is 13.8 Å². The first-order valence-corrected chi connectivity index (χ1v) is 10.7. The molecule has 29 heavy (non-hydrogen) atoms. The highest BCUT2D eigenvalue weighted by Gasteiger charge is 2.34. The van der Waals surface area contributed by atoms with E-state index in [0.717, 1.165) is 46.1 Å². The second-order valence-electron chi connectivity index (χ2n) is 7.60. The normalized spacial score (nSPS) is 16.8. The van der Waals surface area contributed by atoms with Gasteiger partial charge in [-0.15, -0.1) is 10.2 Å². The molecular weight excluding hydrogens is 386 g/mol. The largest absolute Gasteiger partial charge is 0.464 e. The van der Waals surface area contributed by atoms with Crippen LogP contribution < -0.4 is 0 Å². The van der Waals surface area contributed by atoms with Gasteiger partial charge in [-0.3, -0.25) is 4.79 Å². The fourth-order valence-corrected chi connectivity index (χ4v) is 4.84. The van der Waals surface area contributed by atoms with E-state index in [1.54, 1.807) is 17.6 Å². The Kier molecular flexibility index (Phi) is 4.47. The summed E-state index contributed by atoms with van der Waals surface area (Å²) in [6.45, 7) is 4.80. The van der Waals surface area contributed by atoms with Crippen LogP contribution in [0.15, 0.2) is 44.1 Å². The fraction of sp³-hybridized carbons (Fsp3) is 0.318. The highest BCUT2D eigenvalue weighted by Crippen LogP contribution is 2.34. The van der Waals surface area contributed by atoms with Gasteiger partial charge < -0.3 is 13.7 Å². The van der Waals surface area contributed by atoms with E-state index in [-0.39, 0.29) is 11.9 Å². The smallest absolute Gasteiger partial charge is 0.248 e. The zero-order chi connectivity index (χ0) is 20.0. The highest BCUT2D eigenvalue weighted by molar-refractivity contribution is 7.08. The summed E-state index contributed by atoms with van der Waals surface area (Å²) in [5.41, 5.74) is 4.96. The second kappa shape index (κ2) is 7.15. The summed E-state index contributed by atoms with van der Waals surface area (Å²) in [6, 6.07) is 5.92. The molecule has 0 radical (unpaired) electrons. The molecule has 0 saturated carbocycles. The Hall–Kier alpha value is -2.93. The van der Waals surface area contributed by atoms with E-state index in [1.165, 1.54) is 0 Å².